The van der Waals surface area contributed by atoms with Crippen molar-refractivity contribution in [3.05, 3.63) is 30.5 Å². The number of para-hydroxylation sites is 2. The van der Waals surface area contributed by atoms with E-state index in [1.165, 1.54) is 4.90 Å². The minimum atomic E-state index is -0.839. The second kappa shape index (κ2) is 5.32. The minimum absolute atomic E-state index is 0.251. The average Bonchev–Trinajstić information content (AvgIpc) is 2.48. The number of nitrogens with zero attached hydrogens (tertiary/aromatic N) is 3. The van der Waals surface area contributed by atoms with Crippen molar-refractivity contribution in [2.45, 2.75) is 18.9 Å². The molecular weight excluding hydrogens is 256 g/mol. The monoisotopic (exact) mass is 272 g/mol. The quantitative estimate of drug-likeness (QED) is 0.876. The van der Waals surface area contributed by atoms with Gasteiger partial charge in [0, 0.05) is 19.1 Å². The number of carboxylic acid groups (broad SMARTS) is 1. The number of piperidine rings is 1. The van der Waals surface area contributed by atoms with E-state index in [0.29, 0.717) is 13.1 Å². The van der Waals surface area contributed by atoms with E-state index in [1.54, 1.807) is 6.20 Å². The molecule has 2 heterocycles. The summed E-state index contributed by atoms with van der Waals surface area (Å²) in [6, 6.07) is 7.98. The number of carbonyl (C=O) groups is 1. The van der Waals surface area contributed by atoms with Crippen molar-refractivity contribution in [3.8, 4) is 0 Å². The highest BCUT2D eigenvalue weighted by Gasteiger charge is 2.22. The molecule has 1 aliphatic rings. The van der Waals surface area contributed by atoms with Crippen molar-refractivity contribution in [1.82, 2.24) is 14.9 Å². The van der Waals surface area contributed by atoms with Gasteiger partial charge >= 0.3 is 6.09 Å². The van der Waals surface area contributed by atoms with Crippen LogP contribution in [0.5, 0.6) is 0 Å². The fourth-order valence-electron chi connectivity index (χ4n) is 2.45. The van der Waals surface area contributed by atoms with Gasteiger partial charge in [-0.25, -0.2) is 9.78 Å². The summed E-state index contributed by atoms with van der Waals surface area (Å²) in [5.41, 5.74) is 1.74. The van der Waals surface area contributed by atoms with Gasteiger partial charge in [-0.3, -0.25) is 4.98 Å². The number of fused-ring (bicyclic) bond motifs is 1. The number of rotatable bonds is 2. The lowest BCUT2D eigenvalue weighted by Crippen LogP contribution is -2.41. The molecule has 0 spiro atoms. The van der Waals surface area contributed by atoms with Crippen LogP contribution in [-0.4, -0.2) is 45.2 Å². The van der Waals surface area contributed by atoms with Crippen molar-refractivity contribution in [1.29, 1.82) is 0 Å². The summed E-state index contributed by atoms with van der Waals surface area (Å²) in [5, 5.41) is 12.3. The number of hydrogen-bond donors (Lipinski definition) is 2. The van der Waals surface area contributed by atoms with E-state index in [1.807, 2.05) is 24.3 Å². The lowest BCUT2D eigenvalue weighted by molar-refractivity contribution is 0.134. The summed E-state index contributed by atoms with van der Waals surface area (Å²) in [4.78, 5) is 21.2. The summed E-state index contributed by atoms with van der Waals surface area (Å²) in [6.07, 6.45) is 2.47. The maximum atomic E-state index is 10.8. The first-order valence-electron chi connectivity index (χ1n) is 6.68. The molecule has 0 unspecified atom stereocenters. The van der Waals surface area contributed by atoms with Crippen molar-refractivity contribution >= 4 is 22.9 Å². The fraction of sp³-hybridized carbons (Fsp3) is 0.357. The van der Waals surface area contributed by atoms with E-state index < -0.39 is 6.09 Å². The summed E-state index contributed by atoms with van der Waals surface area (Å²) in [7, 11) is 0. The van der Waals surface area contributed by atoms with Gasteiger partial charge < -0.3 is 15.3 Å². The first-order valence-corrected chi connectivity index (χ1v) is 6.68. The Morgan fingerprint density at radius 1 is 1.25 bits per heavy atom. The molecule has 0 atom stereocenters. The SMILES string of the molecule is O=C(O)N1CCC(Nc2cnc3ccccc3n2)CC1. The van der Waals surface area contributed by atoms with E-state index in [2.05, 4.69) is 15.3 Å². The predicted octanol–water partition coefficient (Wildman–Crippen LogP) is 2.18. The Labute approximate surface area is 116 Å². The van der Waals surface area contributed by atoms with Gasteiger partial charge in [-0.1, -0.05) is 12.1 Å². The fourth-order valence-corrected chi connectivity index (χ4v) is 2.45. The van der Waals surface area contributed by atoms with E-state index in [0.717, 1.165) is 29.7 Å². The van der Waals surface area contributed by atoms with Crippen molar-refractivity contribution in [2.24, 2.45) is 0 Å². The molecule has 6 heteroatoms. The van der Waals surface area contributed by atoms with Crippen LogP contribution >= 0.6 is 0 Å². The first kappa shape index (κ1) is 12.7. The topological polar surface area (TPSA) is 78.4 Å². The molecule has 6 nitrogen and oxygen atoms in total. The minimum Gasteiger partial charge on any atom is -0.465 e. The normalized spacial score (nSPS) is 16.3. The number of hydrogen-bond acceptors (Lipinski definition) is 4. The lowest BCUT2D eigenvalue weighted by atomic mass is 10.1. The smallest absolute Gasteiger partial charge is 0.407 e. The molecule has 1 fully saturated rings. The van der Waals surface area contributed by atoms with Crippen LogP contribution in [0.25, 0.3) is 11.0 Å². The van der Waals surface area contributed by atoms with E-state index >= 15 is 0 Å². The summed E-state index contributed by atoms with van der Waals surface area (Å²) >= 11 is 0. The second-order valence-electron chi connectivity index (χ2n) is 4.93. The average molecular weight is 272 g/mol. The summed E-state index contributed by atoms with van der Waals surface area (Å²) < 4.78 is 0. The highest BCUT2D eigenvalue weighted by atomic mass is 16.4. The molecule has 0 saturated carbocycles. The maximum absolute atomic E-state index is 10.8. The van der Waals surface area contributed by atoms with Gasteiger partial charge in [-0.15, -0.1) is 0 Å². The molecule has 1 aromatic heterocycles. The van der Waals surface area contributed by atoms with Gasteiger partial charge in [-0.05, 0) is 25.0 Å². The Balaban J connectivity index is 1.66. The lowest BCUT2D eigenvalue weighted by Gasteiger charge is -2.30. The van der Waals surface area contributed by atoms with Gasteiger partial charge in [0.2, 0.25) is 0 Å². The van der Waals surface area contributed by atoms with Crippen LogP contribution in [0.2, 0.25) is 0 Å². The second-order valence-corrected chi connectivity index (χ2v) is 4.93. The van der Waals surface area contributed by atoms with Crippen LogP contribution in [0.4, 0.5) is 10.6 Å². The molecule has 1 amide bonds. The Morgan fingerprint density at radius 2 is 1.95 bits per heavy atom. The van der Waals surface area contributed by atoms with Crippen LogP contribution in [0.3, 0.4) is 0 Å². The molecule has 20 heavy (non-hydrogen) atoms. The zero-order valence-corrected chi connectivity index (χ0v) is 11.0. The third-order valence-electron chi connectivity index (χ3n) is 3.57. The number of amides is 1. The van der Waals surface area contributed by atoms with Crippen LogP contribution in [0.15, 0.2) is 30.5 Å². The largest absolute Gasteiger partial charge is 0.465 e. The molecule has 104 valence electrons. The van der Waals surface area contributed by atoms with Crippen molar-refractivity contribution in [3.63, 3.8) is 0 Å². The standard InChI is InChI=1S/C14H16N4O2/c19-14(20)18-7-5-10(6-8-18)16-13-9-15-11-3-1-2-4-12(11)17-13/h1-4,9-10H,5-8H2,(H,16,17)(H,19,20). The Bertz CT molecular complexity index is 623. The molecule has 2 aromatic rings. The van der Waals surface area contributed by atoms with Crippen LogP contribution in [-0.2, 0) is 0 Å². The molecule has 3 rings (SSSR count). The number of nitrogens with one attached hydrogen (secondary N) is 1. The third kappa shape index (κ3) is 2.64. The van der Waals surface area contributed by atoms with Crippen molar-refractivity contribution in [2.75, 3.05) is 18.4 Å². The number of likely N-dealkylation sites (tertiary alicyclic amines) is 1. The Kier molecular flexibility index (Phi) is 3.37. The number of aromatic nitrogens is 2. The van der Waals surface area contributed by atoms with E-state index in [4.69, 9.17) is 5.11 Å². The highest BCUT2D eigenvalue weighted by molar-refractivity contribution is 5.75. The molecule has 1 aromatic carbocycles. The predicted molar refractivity (Wildman–Crippen MR) is 75.8 cm³/mol. The zero-order valence-electron chi connectivity index (χ0n) is 11.0. The van der Waals surface area contributed by atoms with E-state index in [9.17, 15) is 4.79 Å². The molecule has 0 bridgehead atoms. The van der Waals surface area contributed by atoms with Gasteiger partial charge in [0.25, 0.3) is 0 Å². The molecular formula is C14H16N4O2. The van der Waals surface area contributed by atoms with Gasteiger partial charge in [0.1, 0.15) is 5.82 Å². The van der Waals surface area contributed by atoms with Gasteiger partial charge in [0.05, 0.1) is 17.2 Å². The number of benzene rings is 1. The summed E-state index contributed by atoms with van der Waals surface area (Å²) in [5.74, 6) is 0.748. The van der Waals surface area contributed by atoms with Gasteiger partial charge in [0.15, 0.2) is 0 Å². The summed E-state index contributed by atoms with van der Waals surface area (Å²) in [6.45, 7) is 1.13. The number of anilines is 1. The Morgan fingerprint density at radius 3 is 2.65 bits per heavy atom. The third-order valence-corrected chi connectivity index (χ3v) is 3.57. The van der Waals surface area contributed by atoms with Crippen molar-refractivity contribution < 1.29 is 9.90 Å². The molecule has 1 aliphatic heterocycles. The van der Waals surface area contributed by atoms with Gasteiger partial charge in [-0.2, -0.15) is 0 Å². The van der Waals surface area contributed by atoms with E-state index in [-0.39, 0.29) is 6.04 Å². The molecule has 1 saturated heterocycles. The van der Waals surface area contributed by atoms with Crippen LogP contribution in [0.1, 0.15) is 12.8 Å². The Hall–Kier alpha value is -2.37. The zero-order chi connectivity index (χ0) is 13.9. The van der Waals surface area contributed by atoms with Crippen LogP contribution in [0, 0.1) is 0 Å². The first-order chi connectivity index (χ1) is 9.72. The van der Waals surface area contributed by atoms with Crippen LogP contribution < -0.4 is 5.32 Å². The molecule has 2 N–H and O–H groups in total. The molecule has 0 aliphatic carbocycles. The maximum Gasteiger partial charge on any atom is 0.407 e. The molecule has 0 radical (unpaired) electrons. The highest BCUT2D eigenvalue weighted by Crippen LogP contribution is 2.17.